The molecule has 0 atom stereocenters. The van der Waals surface area contributed by atoms with Crippen LogP contribution in [0, 0.1) is 6.92 Å². The molecule has 6 heteroatoms. The number of halogens is 2. The molecule has 0 aliphatic heterocycles. The van der Waals surface area contributed by atoms with Gasteiger partial charge >= 0.3 is 0 Å². The molecular formula is C11H14F2N2O2. The van der Waals surface area contributed by atoms with E-state index in [4.69, 9.17) is 5.11 Å². The van der Waals surface area contributed by atoms with Crippen LogP contribution in [-0.2, 0) is 0 Å². The van der Waals surface area contributed by atoms with E-state index in [-0.39, 0.29) is 18.7 Å². The molecule has 0 radical (unpaired) electrons. The molecule has 0 bridgehead atoms. The number of hydrogen-bond donors (Lipinski definition) is 1. The van der Waals surface area contributed by atoms with Crippen molar-refractivity contribution in [2.75, 3.05) is 19.7 Å². The second kappa shape index (κ2) is 6.24. The molecule has 1 rings (SSSR count). The van der Waals surface area contributed by atoms with E-state index in [1.807, 2.05) is 0 Å². The van der Waals surface area contributed by atoms with Gasteiger partial charge in [-0.25, -0.2) is 8.78 Å². The molecule has 94 valence electrons. The predicted molar refractivity (Wildman–Crippen MR) is 58.0 cm³/mol. The number of carbonyl (C=O) groups is 1. The van der Waals surface area contributed by atoms with Crippen LogP contribution in [0.1, 0.15) is 16.1 Å². The van der Waals surface area contributed by atoms with Crippen LogP contribution in [0.2, 0.25) is 0 Å². The van der Waals surface area contributed by atoms with E-state index in [1.165, 1.54) is 12.3 Å². The van der Waals surface area contributed by atoms with Gasteiger partial charge in [0.1, 0.15) is 0 Å². The van der Waals surface area contributed by atoms with E-state index in [0.29, 0.717) is 5.69 Å². The summed E-state index contributed by atoms with van der Waals surface area (Å²) in [5.41, 5.74) is 0.760. The molecule has 1 amide bonds. The van der Waals surface area contributed by atoms with Gasteiger partial charge in [-0.15, -0.1) is 0 Å². The monoisotopic (exact) mass is 244 g/mol. The summed E-state index contributed by atoms with van der Waals surface area (Å²) >= 11 is 0. The lowest BCUT2D eigenvalue weighted by atomic mass is 10.2. The molecule has 17 heavy (non-hydrogen) atoms. The SMILES string of the molecule is Cc1ncccc1C(=O)N(CCO)CC(F)F. The minimum atomic E-state index is -2.62. The molecule has 0 aliphatic rings. The van der Waals surface area contributed by atoms with Gasteiger partial charge in [0.25, 0.3) is 12.3 Å². The maximum Gasteiger partial charge on any atom is 0.255 e. The average Bonchev–Trinajstić information content (AvgIpc) is 2.28. The molecule has 0 aromatic carbocycles. The van der Waals surface area contributed by atoms with E-state index in [2.05, 4.69) is 4.98 Å². The molecule has 1 aromatic heterocycles. The number of pyridine rings is 1. The van der Waals surface area contributed by atoms with Crippen LogP contribution in [0.25, 0.3) is 0 Å². The third-order valence-electron chi connectivity index (χ3n) is 2.25. The van der Waals surface area contributed by atoms with Gasteiger partial charge in [0.15, 0.2) is 0 Å². The molecule has 0 aliphatic carbocycles. The van der Waals surface area contributed by atoms with Crippen molar-refractivity contribution in [3.63, 3.8) is 0 Å². The fraction of sp³-hybridized carbons (Fsp3) is 0.455. The summed E-state index contributed by atoms with van der Waals surface area (Å²) in [6, 6.07) is 3.10. The van der Waals surface area contributed by atoms with Gasteiger partial charge in [-0.1, -0.05) is 0 Å². The van der Waals surface area contributed by atoms with Crippen LogP contribution >= 0.6 is 0 Å². The molecule has 0 saturated heterocycles. The van der Waals surface area contributed by atoms with Gasteiger partial charge in [0.05, 0.1) is 18.7 Å². The largest absolute Gasteiger partial charge is 0.395 e. The first kappa shape index (κ1) is 13.5. The molecule has 0 fully saturated rings. The molecule has 1 N–H and O–H groups in total. The quantitative estimate of drug-likeness (QED) is 0.843. The maximum atomic E-state index is 12.3. The number of aliphatic hydroxyl groups is 1. The highest BCUT2D eigenvalue weighted by Gasteiger charge is 2.20. The van der Waals surface area contributed by atoms with Crippen molar-refractivity contribution in [3.8, 4) is 0 Å². The Labute approximate surface area is 97.9 Å². The van der Waals surface area contributed by atoms with Crippen molar-refractivity contribution < 1.29 is 18.7 Å². The highest BCUT2D eigenvalue weighted by Crippen LogP contribution is 2.09. The molecule has 1 heterocycles. The highest BCUT2D eigenvalue weighted by molar-refractivity contribution is 5.95. The number of alkyl halides is 2. The summed E-state index contributed by atoms with van der Waals surface area (Å²) < 4.78 is 24.6. The predicted octanol–water partition coefficient (Wildman–Crippen LogP) is 1.09. The van der Waals surface area contributed by atoms with Crippen molar-refractivity contribution in [2.45, 2.75) is 13.3 Å². The summed E-state index contributed by atoms with van der Waals surface area (Å²) in [6.45, 7) is 0.482. The number of carbonyl (C=O) groups excluding carboxylic acids is 1. The number of hydrogen-bond acceptors (Lipinski definition) is 3. The first-order valence-electron chi connectivity index (χ1n) is 5.16. The Bertz CT molecular complexity index is 385. The third-order valence-corrected chi connectivity index (χ3v) is 2.25. The molecule has 4 nitrogen and oxygen atoms in total. The van der Waals surface area contributed by atoms with Gasteiger partial charge < -0.3 is 10.0 Å². The van der Waals surface area contributed by atoms with Gasteiger partial charge in [-0.2, -0.15) is 0 Å². The normalized spacial score (nSPS) is 10.6. The topological polar surface area (TPSA) is 53.4 Å². The second-order valence-corrected chi connectivity index (χ2v) is 3.50. The fourth-order valence-electron chi connectivity index (χ4n) is 1.44. The summed E-state index contributed by atoms with van der Waals surface area (Å²) in [6.07, 6.45) is -1.10. The van der Waals surface area contributed by atoms with Crippen LogP contribution < -0.4 is 0 Å². The van der Waals surface area contributed by atoms with Crippen molar-refractivity contribution in [3.05, 3.63) is 29.6 Å². The number of amides is 1. The molecule has 0 saturated carbocycles. The first-order valence-corrected chi connectivity index (χ1v) is 5.16. The lowest BCUT2D eigenvalue weighted by molar-refractivity contribution is 0.0508. The Morgan fingerprint density at radius 1 is 1.59 bits per heavy atom. The Hall–Kier alpha value is -1.56. The Morgan fingerprint density at radius 2 is 2.29 bits per heavy atom. The van der Waals surface area contributed by atoms with Crippen LogP contribution in [0.3, 0.4) is 0 Å². The van der Waals surface area contributed by atoms with Crippen LogP contribution in [0.4, 0.5) is 8.78 Å². The smallest absolute Gasteiger partial charge is 0.255 e. The van der Waals surface area contributed by atoms with Crippen LogP contribution in [0.15, 0.2) is 18.3 Å². The zero-order valence-corrected chi connectivity index (χ0v) is 9.44. The molecule has 0 spiro atoms. The average molecular weight is 244 g/mol. The summed E-state index contributed by atoms with van der Waals surface area (Å²) in [4.78, 5) is 16.8. The van der Waals surface area contributed by atoms with Gasteiger partial charge in [-0.05, 0) is 19.1 Å². The number of rotatable bonds is 5. The summed E-state index contributed by atoms with van der Waals surface area (Å²) in [5, 5.41) is 8.76. The fourth-order valence-corrected chi connectivity index (χ4v) is 1.44. The van der Waals surface area contributed by atoms with Crippen LogP contribution in [0.5, 0.6) is 0 Å². The van der Waals surface area contributed by atoms with E-state index < -0.39 is 18.9 Å². The minimum absolute atomic E-state index is 0.114. The van der Waals surface area contributed by atoms with Crippen LogP contribution in [-0.4, -0.2) is 47.0 Å². The van der Waals surface area contributed by atoms with Crippen molar-refractivity contribution in [1.82, 2.24) is 9.88 Å². The Kier molecular flexibility index (Phi) is 4.96. The maximum absolute atomic E-state index is 12.3. The lowest BCUT2D eigenvalue weighted by Crippen LogP contribution is -2.37. The van der Waals surface area contributed by atoms with E-state index in [9.17, 15) is 13.6 Å². The van der Waals surface area contributed by atoms with Gasteiger partial charge in [-0.3, -0.25) is 9.78 Å². The highest BCUT2D eigenvalue weighted by atomic mass is 19.3. The second-order valence-electron chi connectivity index (χ2n) is 3.50. The number of aryl methyl sites for hydroxylation is 1. The van der Waals surface area contributed by atoms with Crippen molar-refractivity contribution in [1.29, 1.82) is 0 Å². The van der Waals surface area contributed by atoms with Gasteiger partial charge in [0, 0.05) is 18.4 Å². The Balaban J connectivity index is 2.88. The lowest BCUT2D eigenvalue weighted by Gasteiger charge is -2.21. The van der Waals surface area contributed by atoms with E-state index >= 15 is 0 Å². The number of nitrogens with zero attached hydrogens (tertiary/aromatic N) is 2. The zero-order valence-electron chi connectivity index (χ0n) is 9.44. The minimum Gasteiger partial charge on any atom is -0.395 e. The van der Waals surface area contributed by atoms with E-state index in [0.717, 1.165) is 4.90 Å². The third kappa shape index (κ3) is 3.74. The first-order chi connectivity index (χ1) is 8.06. The summed E-state index contributed by atoms with van der Waals surface area (Å²) in [5.74, 6) is -0.537. The molecular weight excluding hydrogens is 230 g/mol. The standard InChI is InChI=1S/C11H14F2N2O2/c1-8-9(3-2-4-14-8)11(17)15(5-6-16)7-10(12)13/h2-4,10,16H,5-7H2,1H3. The zero-order chi connectivity index (χ0) is 12.8. The van der Waals surface area contributed by atoms with E-state index in [1.54, 1.807) is 13.0 Å². The van der Waals surface area contributed by atoms with Crippen molar-refractivity contribution in [2.24, 2.45) is 0 Å². The Morgan fingerprint density at radius 3 is 2.82 bits per heavy atom. The molecule has 0 unspecified atom stereocenters. The van der Waals surface area contributed by atoms with Crippen molar-refractivity contribution >= 4 is 5.91 Å². The number of aromatic nitrogens is 1. The summed E-state index contributed by atoms with van der Waals surface area (Å²) in [7, 11) is 0. The number of aliphatic hydroxyl groups excluding tert-OH is 1. The molecule has 1 aromatic rings. The van der Waals surface area contributed by atoms with Gasteiger partial charge in [0.2, 0.25) is 0 Å².